The summed E-state index contributed by atoms with van der Waals surface area (Å²) in [6.07, 6.45) is 0.0717. The highest BCUT2D eigenvalue weighted by atomic mass is 16.4. The lowest BCUT2D eigenvalue weighted by Crippen LogP contribution is -2.48. The first kappa shape index (κ1) is 15.4. The van der Waals surface area contributed by atoms with Gasteiger partial charge < -0.3 is 30.4 Å². The molecule has 1 atom stereocenters. The minimum absolute atomic E-state index is 0.0443. The number of rotatable bonds is 9. The molecule has 0 bridgehead atoms. The summed E-state index contributed by atoms with van der Waals surface area (Å²) in [4.78, 5) is 32.0. The van der Waals surface area contributed by atoms with Gasteiger partial charge in [0.15, 0.2) is 0 Å². The van der Waals surface area contributed by atoms with Crippen LogP contribution < -0.4 is 20.8 Å². The van der Waals surface area contributed by atoms with Gasteiger partial charge in [0.2, 0.25) is 5.91 Å². The molecule has 0 fully saturated rings. The predicted octanol–water partition coefficient (Wildman–Crippen LogP) is -3.25. The number of nitrogens with one attached hydrogen (secondary N) is 2. The van der Waals surface area contributed by atoms with Crippen LogP contribution in [0.15, 0.2) is 0 Å². The molecule has 7 nitrogen and oxygen atoms in total. The van der Waals surface area contributed by atoms with Gasteiger partial charge in [-0.2, -0.15) is 0 Å². The van der Waals surface area contributed by atoms with E-state index in [2.05, 4.69) is 10.6 Å². The summed E-state index contributed by atoms with van der Waals surface area (Å²) in [6.45, 7) is 0.429. The molecule has 0 spiro atoms. The van der Waals surface area contributed by atoms with Crippen molar-refractivity contribution >= 4 is 17.8 Å². The second-order valence-corrected chi connectivity index (χ2v) is 3.56. The lowest BCUT2D eigenvalue weighted by atomic mass is 10.2. The van der Waals surface area contributed by atoms with Crippen LogP contribution in [0.4, 0.5) is 0 Å². The fourth-order valence-corrected chi connectivity index (χ4v) is 1.20. The maximum Gasteiger partial charge on any atom is 0.220 e. The molecule has 2 N–H and O–H groups in total. The molecular formula is C10H16N2O5-2. The molecule has 7 heteroatoms. The Morgan fingerprint density at radius 1 is 1.18 bits per heavy atom. The average Bonchev–Trinajstić information content (AvgIpc) is 2.23. The van der Waals surface area contributed by atoms with Crippen LogP contribution in [0.2, 0.25) is 0 Å². The first-order chi connectivity index (χ1) is 7.97. The number of carboxylic acids is 2. The first-order valence-electron chi connectivity index (χ1n) is 5.32. The molecule has 0 aromatic carbocycles. The van der Waals surface area contributed by atoms with E-state index in [0.717, 1.165) is 0 Å². The average molecular weight is 244 g/mol. The normalized spacial score (nSPS) is 11.8. The van der Waals surface area contributed by atoms with Gasteiger partial charge in [-0.3, -0.25) is 4.79 Å². The highest BCUT2D eigenvalue weighted by molar-refractivity contribution is 5.82. The van der Waals surface area contributed by atoms with Crippen molar-refractivity contribution in [2.75, 3.05) is 13.6 Å². The van der Waals surface area contributed by atoms with Gasteiger partial charge in [0, 0.05) is 12.4 Å². The topological polar surface area (TPSA) is 121 Å². The van der Waals surface area contributed by atoms with E-state index < -0.39 is 23.9 Å². The Hall–Kier alpha value is -1.63. The van der Waals surface area contributed by atoms with Crippen LogP contribution in [0, 0.1) is 0 Å². The molecule has 0 aliphatic heterocycles. The van der Waals surface area contributed by atoms with Gasteiger partial charge in [-0.1, -0.05) is 0 Å². The van der Waals surface area contributed by atoms with Crippen LogP contribution in [0.3, 0.4) is 0 Å². The third-order valence-corrected chi connectivity index (χ3v) is 2.09. The number of carbonyl (C=O) groups excluding carboxylic acids is 3. The Morgan fingerprint density at radius 2 is 1.82 bits per heavy atom. The molecule has 0 aliphatic carbocycles. The maximum absolute atomic E-state index is 11.3. The molecular weight excluding hydrogens is 228 g/mol. The largest absolute Gasteiger partial charge is 0.550 e. The predicted molar refractivity (Wildman–Crippen MR) is 54.3 cm³/mol. The van der Waals surface area contributed by atoms with E-state index in [1.165, 1.54) is 0 Å². The quantitative estimate of drug-likeness (QED) is 0.439. The second-order valence-electron chi connectivity index (χ2n) is 3.56. The van der Waals surface area contributed by atoms with Crippen molar-refractivity contribution in [3.05, 3.63) is 0 Å². The van der Waals surface area contributed by atoms with Crippen LogP contribution in [0.1, 0.15) is 25.7 Å². The van der Waals surface area contributed by atoms with Crippen molar-refractivity contribution in [2.45, 2.75) is 31.7 Å². The first-order valence-corrected chi connectivity index (χ1v) is 5.32. The number of hydrogen-bond donors (Lipinski definition) is 2. The van der Waals surface area contributed by atoms with Crippen LogP contribution in [-0.2, 0) is 14.4 Å². The summed E-state index contributed by atoms with van der Waals surface area (Å²) >= 11 is 0. The lowest BCUT2D eigenvalue weighted by molar-refractivity contribution is -0.309. The molecule has 0 rings (SSSR count). The number of hydrogen-bond acceptors (Lipinski definition) is 6. The highest BCUT2D eigenvalue weighted by Crippen LogP contribution is 1.96. The number of carboxylic acid groups (broad SMARTS) is 2. The zero-order valence-electron chi connectivity index (χ0n) is 9.65. The van der Waals surface area contributed by atoms with E-state index in [1.54, 1.807) is 7.05 Å². The standard InChI is InChI=1S/C10H18N2O5/c1-11-6-5-7(10(16)17)12-8(13)3-2-4-9(14)15/h7,11H,2-6H2,1H3,(H,12,13)(H,14,15)(H,16,17)/p-2/t7-/m1/s1. The minimum Gasteiger partial charge on any atom is -0.550 e. The molecule has 0 heterocycles. The van der Waals surface area contributed by atoms with Gasteiger partial charge >= 0.3 is 0 Å². The van der Waals surface area contributed by atoms with Crippen LogP contribution in [0.5, 0.6) is 0 Å². The minimum atomic E-state index is -1.35. The summed E-state index contributed by atoms with van der Waals surface area (Å²) in [5.41, 5.74) is 0. The fourth-order valence-electron chi connectivity index (χ4n) is 1.20. The third kappa shape index (κ3) is 8.21. The zero-order valence-corrected chi connectivity index (χ0v) is 9.65. The van der Waals surface area contributed by atoms with E-state index in [1.807, 2.05) is 0 Å². The summed E-state index contributed by atoms with van der Waals surface area (Å²) in [7, 11) is 1.66. The molecule has 0 aromatic rings. The molecule has 0 unspecified atom stereocenters. The number of amides is 1. The van der Waals surface area contributed by atoms with Crippen molar-refractivity contribution in [2.24, 2.45) is 0 Å². The van der Waals surface area contributed by atoms with Gasteiger partial charge in [0.25, 0.3) is 0 Å². The Kier molecular flexibility index (Phi) is 7.70. The monoisotopic (exact) mass is 244 g/mol. The van der Waals surface area contributed by atoms with Crippen molar-refractivity contribution in [3.8, 4) is 0 Å². The summed E-state index contributed by atoms with van der Waals surface area (Å²) in [6, 6.07) is -1.06. The van der Waals surface area contributed by atoms with Gasteiger partial charge in [-0.25, -0.2) is 0 Å². The molecule has 0 aromatic heterocycles. The van der Waals surface area contributed by atoms with Gasteiger partial charge in [-0.15, -0.1) is 0 Å². The van der Waals surface area contributed by atoms with Gasteiger partial charge in [0.1, 0.15) is 0 Å². The summed E-state index contributed by atoms with van der Waals surface area (Å²) < 4.78 is 0. The second kappa shape index (κ2) is 8.51. The van der Waals surface area contributed by atoms with Crippen LogP contribution >= 0.6 is 0 Å². The van der Waals surface area contributed by atoms with E-state index in [-0.39, 0.29) is 25.7 Å². The lowest BCUT2D eigenvalue weighted by Gasteiger charge is -2.19. The van der Waals surface area contributed by atoms with Crippen LogP contribution in [-0.4, -0.2) is 37.5 Å². The van der Waals surface area contributed by atoms with Crippen molar-refractivity contribution in [1.29, 1.82) is 0 Å². The molecule has 98 valence electrons. The Balaban J connectivity index is 3.95. The summed E-state index contributed by atoms with van der Waals surface area (Å²) in [5.74, 6) is -3.09. The smallest absolute Gasteiger partial charge is 0.220 e. The van der Waals surface area contributed by atoms with Crippen LogP contribution in [0.25, 0.3) is 0 Å². The Labute approximate surface area is 99.2 Å². The Bertz CT molecular complexity index is 280. The third-order valence-electron chi connectivity index (χ3n) is 2.09. The maximum atomic E-state index is 11.3. The highest BCUT2D eigenvalue weighted by Gasteiger charge is 2.12. The van der Waals surface area contributed by atoms with Gasteiger partial charge in [0.05, 0.1) is 12.0 Å². The molecule has 0 aliphatic rings. The molecule has 0 saturated heterocycles. The molecule has 0 radical (unpaired) electrons. The number of aliphatic carboxylic acids is 2. The summed E-state index contributed by atoms with van der Waals surface area (Å²) in [5, 5.41) is 25.8. The Morgan fingerprint density at radius 3 is 2.29 bits per heavy atom. The van der Waals surface area contributed by atoms with Crippen molar-refractivity contribution in [3.63, 3.8) is 0 Å². The number of carbonyl (C=O) groups is 3. The molecule has 1 amide bonds. The zero-order chi connectivity index (χ0) is 13.3. The van der Waals surface area contributed by atoms with E-state index in [9.17, 15) is 24.6 Å². The van der Waals surface area contributed by atoms with Crippen molar-refractivity contribution in [1.82, 2.24) is 10.6 Å². The van der Waals surface area contributed by atoms with Crippen molar-refractivity contribution < 1.29 is 24.6 Å². The van der Waals surface area contributed by atoms with Gasteiger partial charge in [-0.05, 0) is 32.9 Å². The fraction of sp³-hybridized carbons (Fsp3) is 0.700. The molecule has 17 heavy (non-hydrogen) atoms. The van der Waals surface area contributed by atoms with E-state index in [0.29, 0.717) is 6.54 Å². The van der Waals surface area contributed by atoms with E-state index in [4.69, 9.17) is 0 Å². The molecule has 0 saturated carbocycles. The SMILES string of the molecule is CNCC[C@@H](NC(=O)CCCC(=O)[O-])C(=O)[O-]. The van der Waals surface area contributed by atoms with E-state index >= 15 is 0 Å².